The molecule has 0 saturated carbocycles. The highest BCUT2D eigenvalue weighted by molar-refractivity contribution is 7.89. The number of aryl methyl sites for hydroxylation is 1. The summed E-state index contributed by atoms with van der Waals surface area (Å²) in [5, 5.41) is 4.20. The molecule has 0 fully saturated rings. The Kier molecular flexibility index (Phi) is 9.98. The van der Waals surface area contributed by atoms with Crippen LogP contribution in [-0.4, -0.2) is 43.0 Å². The molecule has 0 heterocycles. The number of ether oxygens (including phenoxy) is 1. The van der Waals surface area contributed by atoms with Gasteiger partial charge >= 0.3 is 0 Å². The Morgan fingerprint density at radius 3 is 1.97 bits per heavy atom. The Hall–Kier alpha value is -1.85. The maximum atomic E-state index is 12.7. The van der Waals surface area contributed by atoms with Crippen molar-refractivity contribution < 1.29 is 13.2 Å². The predicted molar refractivity (Wildman–Crippen MR) is 140 cm³/mol. The third-order valence-corrected chi connectivity index (χ3v) is 12.4. The van der Waals surface area contributed by atoms with Gasteiger partial charge in [-0.3, -0.25) is 0 Å². The highest BCUT2D eigenvalue weighted by atomic mass is 32.2. The van der Waals surface area contributed by atoms with Gasteiger partial charge in [0.1, 0.15) is 16.1 Å². The van der Waals surface area contributed by atoms with Crippen LogP contribution in [0, 0.1) is 29.9 Å². The van der Waals surface area contributed by atoms with Crippen LogP contribution in [-0.2, 0) is 14.8 Å². The second kappa shape index (κ2) is 11.3. The first kappa shape index (κ1) is 28.2. The molecule has 8 heteroatoms. The van der Waals surface area contributed by atoms with Gasteiger partial charge in [-0.2, -0.15) is 18.4 Å². The van der Waals surface area contributed by atoms with Gasteiger partial charge in [-0.1, -0.05) is 69.9 Å². The maximum absolute atomic E-state index is 12.7. The number of methoxy groups -OCH3 is 1. The van der Waals surface area contributed by atoms with Gasteiger partial charge in [0.15, 0.2) is 0 Å². The van der Waals surface area contributed by atoms with Crippen LogP contribution in [0.3, 0.4) is 0 Å². The van der Waals surface area contributed by atoms with Gasteiger partial charge in [0.05, 0.1) is 10.6 Å². The molecule has 0 saturated heterocycles. The van der Waals surface area contributed by atoms with Crippen LogP contribution in [0.2, 0.25) is 37.8 Å². The van der Waals surface area contributed by atoms with Gasteiger partial charge in [-0.25, -0.2) is 0 Å². The van der Waals surface area contributed by atoms with Gasteiger partial charge in [0, 0.05) is 7.11 Å². The minimum atomic E-state index is -3.81. The second-order valence-electron chi connectivity index (χ2n) is 9.08. The Morgan fingerprint density at radius 2 is 1.53 bits per heavy atom. The minimum Gasteiger partial charge on any atom is -0.350 e. The van der Waals surface area contributed by atoms with Crippen LogP contribution in [0.15, 0.2) is 34.3 Å². The Bertz CT molecular complexity index is 1020. The third kappa shape index (κ3) is 7.63. The molecule has 0 amide bonds. The van der Waals surface area contributed by atoms with E-state index in [1.54, 1.807) is 38.3 Å². The average Bonchev–Trinajstić information content (AvgIpc) is 2.75. The van der Waals surface area contributed by atoms with Crippen molar-refractivity contribution in [3.63, 3.8) is 0 Å². The van der Waals surface area contributed by atoms with Crippen molar-refractivity contribution in [2.75, 3.05) is 7.11 Å². The topological polar surface area (TPSA) is 67.8 Å². The summed E-state index contributed by atoms with van der Waals surface area (Å²) in [6.45, 7) is 16.6. The van der Waals surface area contributed by atoms with Crippen LogP contribution in [0.5, 0.6) is 0 Å². The monoisotopic (exact) mass is 490 g/mol. The summed E-state index contributed by atoms with van der Waals surface area (Å²) < 4.78 is 31.3. The van der Waals surface area contributed by atoms with Gasteiger partial charge in [0.25, 0.3) is 10.0 Å². The normalized spacial score (nSPS) is 14.5. The average molecular weight is 491 g/mol. The molecule has 5 nitrogen and oxygen atoms in total. The summed E-state index contributed by atoms with van der Waals surface area (Å²) in [6.07, 6.45) is 0. The number of nitrogens with zero attached hydrogens (tertiary/aromatic N) is 1. The Balaban J connectivity index is 3.52. The molecule has 0 aliphatic carbocycles. The van der Waals surface area contributed by atoms with E-state index in [9.17, 15) is 8.42 Å². The minimum absolute atomic E-state index is 0.149. The number of hydrogen-bond acceptors (Lipinski definition) is 4. The molecular weight excluding hydrogens is 453 g/mol. The molecule has 32 heavy (non-hydrogen) atoms. The summed E-state index contributed by atoms with van der Waals surface area (Å²) in [5.74, 6) is 6.53. The highest BCUT2D eigenvalue weighted by Crippen LogP contribution is 2.21. The van der Waals surface area contributed by atoms with Crippen molar-refractivity contribution in [3.05, 3.63) is 29.8 Å². The molecule has 0 aliphatic heterocycles. The number of nitrogens with one attached hydrogen (secondary N) is 1. The number of sulfonamides is 1. The number of benzene rings is 1. The molecule has 0 aromatic heterocycles. The lowest BCUT2D eigenvalue weighted by Crippen LogP contribution is -2.40. The quantitative estimate of drug-likeness (QED) is 0.242. The van der Waals surface area contributed by atoms with Crippen molar-refractivity contribution in [1.82, 2.24) is 4.83 Å². The molecule has 0 aliphatic rings. The van der Waals surface area contributed by atoms with E-state index in [1.807, 2.05) is 6.92 Å². The van der Waals surface area contributed by atoms with Crippen LogP contribution in [0.25, 0.3) is 0 Å². The van der Waals surface area contributed by atoms with Crippen LogP contribution in [0.1, 0.15) is 33.3 Å². The van der Waals surface area contributed by atoms with E-state index < -0.39 is 31.8 Å². The largest absolute Gasteiger partial charge is 0.350 e. The molecule has 1 aromatic rings. The van der Waals surface area contributed by atoms with Crippen molar-refractivity contribution in [2.24, 2.45) is 5.10 Å². The molecule has 0 radical (unpaired) electrons. The molecule has 0 unspecified atom stereocenters. The van der Waals surface area contributed by atoms with Gasteiger partial charge < -0.3 is 4.74 Å². The lowest BCUT2D eigenvalue weighted by Gasteiger charge is -2.25. The standard InChI is InChI=1S/C24H38N2O3SSi2/c1-10-32(11-2,12-3)20-18-24(29-6,17-19-31(7,8)9)22(5)25-26-30(27,28)23-15-13-21(4)14-16-23/h13-16,26H,10-12H2,1-9H3/b25-22+/t24-/m1/s1. The number of hydrazone groups is 1. The second-order valence-corrected chi connectivity index (χ2v) is 20.4. The molecule has 176 valence electrons. The zero-order chi connectivity index (χ0) is 24.6. The van der Waals surface area contributed by atoms with E-state index in [4.69, 9.17) is 4.74 Å². The first-order chi connectivity index (χ1) is 14.8. The number of hydrogen-bond donors (Lipinski definition) is 1. The lowest BCUT2D eigenvalue weighted by atomic mass is 10.0. The molecule has 1 rings (SSSR count). The van der Waals surface area contributed by atoms with Crippen molar-refractivity contribution in [3.8, 4) is 22.9 Å². The van der Waals surface area contributed by atoms with Gasteiger partial charge in [0.2, 0.25) is 5.60 Å². The number of rotatable bonds is 8. The smallest absolute Gasteiger partial charge is 0.276 e. The highest BCUT2D eigenvalue weighted by Gasteiger charge is 2.33. The molecular formula is C24H38N2O3SSi2. The van der Waals surface area contributed by atoms with Crippen molar-refractivity contribution in [1.29, 1.82) is 0 Å². The Labute approximate surface area is 197 Å². The van der Waals surface area contributed by atoms with E-state index in [-0.39, 0.29) is 4.90 Å². The summed E-state index contributed by atoms with van der Waals surface area (Å²) in [7, 11) is -5.77. The van der Waals surface area contributed by atoms with E-state index in [0.717, 1.165) is 23.7 Å². The molecule has 1 atom stereocenters. The first-order valence-corrected chi connectivity index (χ1v) is 18.7. The van der Waals surface area contributed by atoms with Gasteiger partial charge in [-0.05, 0) is 44.1 Å². The molecule has 0 spiro atoms. The zero-order valence-electron chi connectivity index (χ0n) is 21.0. The fourth-order valence-electron chi connectivity index (χ4n) is 2.95. The fourth-order valence-corrected chi connectivity index (χ4v) is 6.83. The van der Waals surface area contributed by atoms with Gasteiger partial charge in [-0.15, -0.1) is 11.1 Å². The summed E-state index contributed by atoms with van der Waals surface area (Å²) in [5.41, 5.74) is 6.98. The van der Waals surface area contributed by atoms with Crippen LogP contribution in [0.4, 0.5) is 0 Å². The first-order valence-electron chi connectivity index (χ1n) is 11.1. The van der Waals surface area contributed by atoms with Crippen LogP contribution >= 0.6 is 0 Å². The molecule has 1 N–H and O–H groups in total. The van der Waals surface area contributed by atoms with Crippen molar-refractivity contribution >= 4 is 31.9 Å². The molecule has 0 bridgehead atoms. The lowest BCUT2D eigenvalue weighted by molar-refractivity contribution is 0.146. The molecule has 1 aromatic carbocycles. The van der Waals surface area contributed by atoms with Crippen molar-refractivity contribution in [2.45, 2.75) is 82.9 Å². The predicted octanol–water partition coefficient (Wildman–Crippen LogP) is 4.97. The van der Waals surface area contributed by atoms with E-state index in [2.05, 4.69) is 73.3 Å². The fraction of sp³-hybridized carbons (Fsp3) is 0.542. The van der Waals surface area contributed by atoms with E-state index >= 15 is 0 Å². The summed E-state index contributed by atoms with van der Waals surface area (Å²) in [4.78, 5) is 2.49. The van der Waals surface area contributed by atoms with Crippen LogP contribution < -0.4 is 4.83 Å². The summed E-state index contributed by atoms with van der Waals surface area (Å²) >= 11 is 0. The SMILES string of the molecule is CC[Si](C#C[C@@](C#C[Si](C)(C)C)(OC)/C(C)=N/NS(=O)(=O)c1ccc(C)cc1)(CC)CC. The third-order valence-electron chi connectivity index (χ3n) is 5.63. The Morgan fingerprint density at radius 1 is 1.03 bits per heavy atom. The zero-order valence-corrected chi connectivity index (χ0v) is 23.8. The van der Waals surface area contributed by atoms with E-state index in [0.29, 0.717) is 5.71 Å². The van der Waals surface area contributed by atoms with E-state index in [1.165, 1.54) is 0 Å². The summed E-state index contributed by atoms with van der Waals surface area (Å²) in [6, 6.07) is 9.75. The maximum Gasteiger partial charge on any atom is 0.276 e.